The summed E-state index contributed by atoms with van der Waals surface area (Å²) < 4.78 is 26.0. The average molecular weight is 206 g/mol. The average Bonchev–Trinajstić information content (AvgIpc) is 2.10. The number of rotatable bonds is 2. The van der Waals surface area contributed by atoms with Crippen molar-refractivity contribution in [2.75, 3.05) is 0 Å². The molecule has 13 heavy (non-hydrogen) atoms. The number of hydrogen-bond donors (Lipinski definition) is 1. The molecule has 0 spiro atoms. The minimum absolute atomic E-state index is 0.171. The molecular weight excluding hydrogens is 196 g/mol. The molecule has 0 aromatic heterocycles. The molecule has 0 aliphatic heterocycles. The first kappa shape index (κ1) is 10.4. The largest absolute Gasteiger partial charge is 0.324 e. The van der Waals surface area contributed by atoms with Crippen LogP contribution >= 0.6 is 11.6 Å². The summed E-state index contributed by atoms with van der Waals surface area (Å²) in [5.74, 6) is -1.19. The highest BCUT2D eigenvalue weighted by atomic mass is 35.5. The summed E-state index contributed by atoms with van der Waals surface area (Å²) in [7, 11) is 0. The van der Waals surface area contributed by atoms with E-state index in [2.05, 4.69) is 0 Å². The molecule has 0 aliphatic carbocycles. The Balaban J connectivity index is 3.15. The molecule has 0 aliphatic rings. The smallest absolute Gasteiger partial charge is 0.142 e. The van der Waals surface area contributed by atoms with E-state index >= 15 is 0 Å². The van der Waals surface area contributed by atoms with E-state index < -0.39 is 17.7 Å². The molecule has 4 heteroatoms. The summed E-state index contributed by atoms with van der Waals surface area (Å²) in [5, 5.41) is -0.218. The van der Waals surface area contributed by atoms with Gasteiger partial charge < -0.3 is 5.73 Å². The van der Waals surface area contributed by atoms with Crippen LogP contribution in [-0.2, 0) is 0 Å². The Labute approximate surface area is 80.5 Å². The van der Waals surface area contributed by atoms with Crippen LogP contribution in [0.2, 0.25) is 5.02 Å². The predicted molar refractivity (Wildman–Crippen MR) is 48.6 cm³/mol. The highest BCUT2D eigenvalue weighted by molar-refractivity contribution is 6.30. The van der Waals surface area contributed by atoms with E-state index in [1.807, 2.05) is 0 Å². The van der Waals surface area contributed by atoms with Crippen LogP contribution in [0.15, 0.2) is 12.1 Å². The lowest BCUT2D eigenvalue weighted by atomic mass is 10.0. The number of benzene rings is 1. The van der Waals surface area contributed by atoms with Crippen LogP contribution in [0.4, 0.5) is 8.78 Å². The van der Waals surface area contributed by atoms with Gasteiger partial charge in [-0.1, -0.05) is 18.5 Å². The number of hydrogen-bond acceptors (Lipinski definition) is 1. The normalized spacial score (nSPS) is 13.0. The molecule has 72 valence electrons. The first-order valence-electron chi connectivity index (χ1n) is 3.96. The van der Waals surface area contributed by atoms with Crippen LogP contribution in [0.1, 0.15) is 24.9 Å². The van der Waals surface area contributed by atoms with Crippen molar-refractivity contribution in [1.82, 2.24) is 0 Å². The number of nitrogens with two attached hydrogens (primary N) is 1. The molecule has 0 fully saturated rings. The third-order valence-electron chi connectivity index (χ3n) is 1.88. The van der Waals surface area contributed by atoms with Gasteiger partial charge in [0.15, 0.2) is 0 Å². The molecule has 1 aromatic rings. The second-order valence-electron chi connectivity index (χ2n) is 2.80. The zero-order valence-electron chi connectivity index (χ0n) is 7.15. The molecule has 0 heterocycles. The molecule has 1 atom stereocenters. The SMILES string of the molecule is CCC(N)c1cc(F)c(Cl)cc1F. The van der Waals surface area contributed by atoms with Crippen molar-refractivity contribution in [3.05, 3.63) is 34.4 Å². The van der Waals surface area contributed by atoms with E-state index in [1.54, 1.807) is 6.92 Å². The van der Waals surface area contributed by atoms with Crippen LogP contribution in [0.5, 0.6) is 0 Å². The third-order valence-corrected chi connectivity index (χ3v) is 2.17. The van der Waals surface area contributed by atoms with Gasteiger partial charge in [-0.05, 0) is 18.6 Å². The van der Waals surface area contributed by atoms with Gasteiger partial charge in [0.1, 0.15) is 11.6 Å². The Morgan fingerprint density at radius 1 is 1.38 bits per heavy atom. The Morgan fingerprint density at radius 3 is 2.54 bits per heavy atom. The lowest BCUT2D eigenvalue weighted by molar-refractivity contribution is 0.557. The fourth-order valence-corrected chi connectivity index (χ4v) is 1.19. The second-order valence-corrected chi connectivity index (χ2v) is 3.21. The van der Waals surface area contributed by atoms with Crippen molar-refractivity contribution in [3.8, 4) is 0 Å². The fraction of sp³-hybridized carbons (Fsp3) is 0.333. The third kappa shape index (κ3) is 2.17. The van der Waals surface area contributed by atoms with E-state index in [1.165, 1.54) is 0 Å². The molecule has 0 radical (unpaired) electrons. The van der Waals surface area contributed by atoms with E-state index in [-0.39, 0.29) is 10.6 Å². The zero-order valence-corrected chi connectivity index (χ0v) is 7.91. The van der Waals surface area contributed by atoms with Crippen molar-refractivity contribution < 1.29 is 8.78 Å². The monoisotopic (exact) mass is 205 g/mol. The second kappa shape index (κ2) is 4.03. The quantitative estimate of drug-likeness (QED) is 0.738. The summed E-state index contributed by atoms with van der Waals surface area (Å²) >= 11 is 5.38. The van der Waals surface area contributed by atoms with Gasteiger partial charge in [0, 0.05) is 11.6 Å². The molecular formula is C9H10ClF2N. The summed E-state index contributed by atoms with van der Waals surface area (Å²) in [4.78, 5) is 0. The maximum atomic E-state index is 13.1. The number of halogens is 3. The topological polar surface area (TPSA) is 26.0 Å². The standard InChI is InChI=1S/C9H10ClF2N/c1-2-9(13)5-3-8(12)6(10)4-7(5)11/h3-4,9H,2,13H2,1H3. The Hall–Kier alpha value is -0.670. The molecule has 0 saturated carbocycles. The van der Waals surface area contributed by atoms with Gasteiger partial charge in [-0.15, -0.1) is 0 Å². The highest BCUT2D eigenvalue weighted by Gasteiger charge is 2.13. The van der Waals surface area contributed by atoms with Crippen LogP contribution in [0.25, 0.3) is 0 Å². The van der Waals surface area contributed by atoms with Crippen LogP contribution < -0.4 is 5.73 Å². The van der Waals surface area contributed by atoms with Crippen molar-refractivity contribution in [2.24, 2.45) is 5.73 Å². The van der Waals surface area contributed by atoms with Gasteiger partial charge in [-0.3, -0.25) is 0 Å². The van der Waals surface area contributed by atoms with Gasteiger partial charge >= 0.3 is 0 Å². The molecule has 1 rings (SSSR count). The lowest BCUT2D eigenvalue weighted by Gasteiger charge is -2.10. The summed E-state index contributed by atoms with van der Waals surface area (Å²) in [6.45, 7) is 1.80. The summed E-state index contributed by atoms with van der Waals surface area (Å²) in [6.07, 6.45) is 0.554. The minimum Gasteiger partial charge on any atom is -0.324 e. The molecule has 1 unspecified atom stereocenters. The van der Waals surface area contributed by atoms with Gasteiger partial charge in [-0.25, -0.2) is 8.78 Å². The predicted octanol–water partition coefficient (Wildman–Crippen LogP) is 3.03. The lowest BCUT2D eigenvalue weighted by Crippen LogP contribution is -2.11. The fourth-order valence-electron chi connectivity index (χ4n) is 1.04. The summed E-state index contributed by atoms with van der Waals surface area (Å²) in [5.41, 5.74) is 5.74. The maximum absolute atomic E-state index is 13.1. The molecule has 1 aromatic carbocycles. The zero-order chi connectivity index (χ0) is 10.0. The van der Waals surface area contributed by atoms with Crippen molar-refractivity contribution in [1.29, 1.82) is 0 Å². The van der Waals surface area contributed by atoms with Crippen LogP contribution in [0.3, 0.4) is 0 Å². The first-order chi connectivity index (χ1) is 6.06. The Bertz CT molecular complexity index is 315. The molecule has 1 nitrogen and oxygen atoms in total. The maximum Gasteiger partial charge on any atom is 0.142 e. The summed E-state index contributed by atoms with van der Waals surface area (Å²) in [6, 6.07) is 1.51. The molecule has 0 amide bonds. The van der Waals surface area contributed by atoms with Crippen LogP contribution in [0, 0.1) is 11.6 Å². The minimum atomic E-state index is -0.637. The Morgan fingerprint density at radius 2 is 2.00 bits per heavy atom. The van der Waals surface area contributed by atoms with E-state index in [0.29, 0.717) is 6.42 Å². The molecule has 2 N–H and O–H groups in total. The van der Waals surface area contributed by atoms with Crippen molar-refractivity contribution in [2.45, 2.75) is 19.4 Å². The van der Waals surface area contributed by atoms with Gasteiger partial charge in [-0.2, -0.15) is 0 Å². The molecule has 0 bridgehead atoms. The van der Waals surface area contributed by atoms with Crippen molar-refractivity contribution >= 4 is 11.6 Å². The van der Waals surface area contributed by atoms with E-state index in [4.69, 9.17) is 17.3 Å². The van der Waals surface area contributed by atoms with Crippen molar-refractivity contribution in [3.63, 3.8) is 0 Å². The van der Waals surface area contributed by atoms with Crippen LogP contribution in [-0.4, -0.2) is 0 Å². The Kier molecular flexibility index (Phi) is 3.22. The van der Waals surface area contributed by atoms with E-state index in [9.17, 15) is 8.78 Å². The highest BCUT2D eigenvalue weighted by Crippen LogP contribution is 2.23. The first-order valence-corrected chi connectivity index (χ1v) is 4.34. The van der Waals surface area contributed by atoms with Gasteiger partial charge in [0.2, 0.25) is 0 Å². The molecule has 0 saturated heterocycles. The van der Waals surface area contributed by atoms with Gasteiger partial charge in [0.25, 0.3) is 0 Å². The van der Waals surface area contributed by atoms with Gasteiger partial charge in [0.05, 0.1) is 5.02 Å². The van der Waals surface area contributed by atoms with E-state index in [0.717, 1.165) is 12.1 Å².